The van der Waals surface area contributed by atoms with Gasteiger partial charge in [0, 0.05) is 11.3 Å². The van der Waals surface area contributed by atoms with Gasteiger partial charge in [0.05, 0.1) is 18.2 Å². The smallest absolute Gasteiger partial charge is 0.275 e. The summed E-state index contributed by atoms with van der Waals surface area (Å²) >= 11 is 0. The first-order valence-electron chi connectivity index (χ1n) is 8.45. The van der Waals surface area contributed by atoms with E-state index in [9.17, 15) is 13.6 Å². The third-order valence-corrected chi connectivity index (χ3v) is 3.96. The van der Waals surface area contributed by atoms with Crippen molar-refractivity contribution in [3.8, 4) is 5.88 Å². The molecule has 0 spiro atoms. The summed E-state index contributed by atoms with van der Waals surface area (Å²) in [5.41, 5.74) is 4.64. The highest BCUT2D eigenvalue weighted by atomic mass is 19.1. The molecule has 0 aliphatic carbocycles. The molecule has 1 amide bonds. The van der Waals surface area contributed by atoms with Crippen LogP contribution in [0.4, 0.5) is 14.5 Å². The lowest BCUT2D eigenvalue weighted by Gasteiger charge is -2.23. The SMILES string of the molecule is C=N[C@@](C)(/C=C(/C)OCN)c1cc(NC(=O)c2cnc(OCF)cn2)ccc1F. The number of halogens is 2. The van der Waals surface area contributed by atoms with Crippen molar-refractivity contribution in [3.05, 3.63) is 59.5 Å². The van der Waals surface area contributed by atoms with Gasteiger partial charge in [0.25, 0.3) is 5.91 Å². The van der Waals surface area contributed by atoms with E-state index in [-0.39, 0.29) is 23.9 Å². The number of amides is 1. The molecule has 0 saturated carbocycles. The minimum absolute atomic E-state index is 0.0289. The van der Waals surface area contributed by atoms with Crippen molar-refractivity contribution in [1.29, 1.82) is 0 Å². The summed E-state index contributed by atoms with van der Waals surface area (Å²) in [6.45, 7) is 5.74. The van der Waals surface area contributed by atoms with Gasteiger partial charge in [-0.15, -0.1) is 0 Å². The maximum atomic E-state index is 14.5. The number of carbonyl (C=O) groups excluding carboxylic acids is 1. The number of alkyl halides is 1. The second kappa shape index (κ2) is 9.69. The average molecular weight is 405 g/mol. The molecule has 0 aliphatic rings. The van der Waals surface area contributed by atoms with Crippen LogP contribution in [0.3, 0.4) is 0 Å². The molecular formula is C19H21F2N5O3. The van der Waals surface area contributed by atoms with Gasteiger partial charge in [-0.1, -0.05) is 0 Å². The van der Waals surface area contributed by atoms with Crippen LogP contribution in [0, 0.1) is 5.82 Å². The van der Waals surface area contributed by atoms with Gasteiger partial charge in [-0.05, 0) is 44.8 Å². The van der Waals surface area contributed by atoms with Gasteiger partial charge in [0.15, 0.2) is 0 Å². The van der Waals surface area contributed by atoms with Crippen molar-refractivity contribution in [3.63, 3.8) is 0 Å². The van der Waals surface area contributed by atoms with Gasteiger partial charge in [-0.25, -0.2) is 18.7 Å². The van der Waals surface area contributed by atoms with E-state index in [0.717, 1.165) is 12.4 Å². The summed E-state index contributed by atoms with van der Waals surface area (Å²) < 4.78 is 36.3. The van der Waals surface area contributed by atoms with Crippen LogP contribution in [0.5, 0.6) is 5.88 Å². The predicted molar refractivity (Wildman–Crippen MR) is 104 cm³/mol. The van der Waals surface area contributed by atoms with Gasteiger partial charge >= 0.3 is 0 Å². The number of aromatic nitrogens is 2. The Labute approximate surface area is 166 Å². The largest absolute Gasteiger partial charge is 0.483 e. The zero-order chi connectivity index (χ0) is 21.4. The Bertz CT molecular complexity index is 905. The fraction of sp³-hybridized carbons (Fsp3) is 0.263. The maximum Gasteiger partial charge on any atom is 0.275 e. The molecule has 0 fully saturated rings. The Balaban J connectivity index is 2.28. The summed E-state index contributed by atoms with van der Waals surface area (Å²) in [6, 6.07) is 4.02. The summed E-state index contributed by atoms with van der Waals surface area (Å²) in [7, 11) is 0. The number of benzene rings is 1. The van der Waals surface area contributed by atoms with Crippen LogP contribution in [0.15, 0.2) is 47.4 Å². The number of aliphatic imine (C=N–C) groups is 1. The minimum Gasteiger partial charge on any atom is -0.483 e. The number of allylic oxidation sites excluding steroid dienone is 1. The second-order valence-electron chi connectivity index (χ2n) is 6.01. The maximum absolute atomic E-state index is 14.5. The first kappa shape index (κ1) is 21.9. The van der Waals surface area contributed by atoms with E-state index >= 15 is 0 Å². The van der Waals surface area contributed by atoms with Gasteiger partial charge < -0.3 is 14.8 Å². The zero-order valence-corrected chi connectivity index (χ0v) is 16.0. The molecule has 29 heavy (non-hydrogen) atoms. The van der Waals surface area contributed by atoms with E-state index in [4.69, 9.17) is 10.5 Å². The van der Waals surface area contributed by atoms with Crippen LogP contribution in [-0.4, -0.2) is 36.2 Å². The number of nitrogens with zero attached hydrogens (tertiary/aromatic N) is 3. The first-order valence-corrected chi connectivity index (χ1v) is 8.45. The molecule has 1 aromatic carbocycles. The molecule has 8 nitrogen and oxygen atoms in total. The van der Waals surface area contributed by atoms with Gasteiger partial charge in [0.1, 0.15) is 23.8 Å². The molecule has 3 N–H and O–H groups in total. The molecule has 0 aliphatic heterocycles. The highest BCUT2D eigenvalue weighted by molar-refractivity contribution is 6.02. The van der Waals surface area contributed by atoms with E-state index in [0.29, 0.717) is 11.4 Å². The van der Waals surface area contributed by atoms with Crippen molar-refractivity contribution in [2.24, 2.45) is 10.7 Å². The molecule has 0 unspecified atom stereocenters. The fourth-order valence-electron chi connectivity index (χ4n) is 2.53. The molecular weight excluding hydrogens is 384 g/mol. The fourth-order valence-corrected chi connectivity index (χ4v) is 2.53. The van der Waals surface area contributed by atoms with Crippen LogP contribution in [-0.2, 0) is 10.3 Å². The number of rotatable bonds is 9. The van der Waals surface area contributed by atoms with Gasteiger partial charge in [-0.3, -0.25) is 15.5 Å². The average Bonchev–Trinajstić information content (AvgIpc) is 2.70. The number of carbonyl (C=O) groups is 1. The predicted octanol–water partition coefficient (Wildman–Crippen LogP) is 2.93. The van der Waals surface area contributed by atoms with Crippen LogP contribution < -0.4 is 15.8 Å². The van der Waals surface area contributed by atoms with Crippen molar-refractivity contribution in [2.75, 3.05) is 18.9 Å². The molecule has 0 saturated heterocycles. The molecule has 2 aromatic rings. The van der Waals surface area contributed by atoms with Crippen LogP contribution in [0.1, 0.15) is 29.9 Å². The number of ether oxygens (including phenoxy) is 2. The summed E-state index contributed by atoms with van der Waals surface area (Å²) in [4.78, 5) is 24.0. The molecule has 154 valence electrons. The molecule has 1 aromatic heterocycles. The Morgan fingerprint density at radius 2 is 2.17 bits per heavy atom. The van der Waals surface area contributed by atoms with Crippen molar-refractivity contribution in [2.45, 2.75) is 19.4 Å². The molecule has 0 bridgehead atoms. The van der Waals surface area contributed by atoms with Crippen molar-refractivity contribution in [1.82, 2.24) is 9.97 Å². The van der Waals surface area contributed by atoms with E-state index in [1.54, 1.807) is 19.9 Å². The summed E-state index contributed by atoms with van der Waals surface area (Å²) in [5.74, 6) is -0.736. The monoisotopic (exact) mass is 405 g/mol. The number of nitrogens with one attached hydrogen (secondary N) is 1. The van der Waals surface area contributed by atoms with Crippen molar-refractivity contribution < 1.29 is 23.0 Å². The Morgan fingerprint density at radius 3 is 2.76 bits per heavy atom. The quantitative estimate of drug-likeness (QED) is 0.377. The van der Waals surface area contributed by atoms with Crippen LogP contribution >= 0.6 is 0 Å². The molecule has 1 atom stereocenters. The van der Waals surface area contributed by atoms with Gasteiger partial charge in [-0.2, -0.15) is 0 Å². The third kappa shape index (κ3) is 5.55. The summed E-state index contributed by atoms with van der Waals surface area (Å²) in [6.07, 6.45) is 3.83. The molecule has 1 heterocycles. The number of anilines is 1. The number of hydrogen-bond donors (Lipinski definition) is 2. The Morgan fingerprint density at radius 1 is 1.41 bits per heavy atom. The number of hydrogen-bond acceptors (Lipinski definition) is 7. The lowest BCUT2D eigenvalue weighted by molar-refractivity contribution is 0.102. The van der Waals surface area contributed by atoms with E-state index in [2.05, 4.69) is 31.7 Å². The highest BCUT2D eigenvalue weighted by Gasteiger charge is 2.27. The minimum atomic E-state index is -1.16. The van der Waals surface area contributed by atoms with E-state index in [1.807, 2.05) is 0 Å². The second-order valence-corrected chi connectivity index (χ2v) is 6.01. The molecule has 2 rings (SSSR count). The number of nitrogens with two attached hydrogens (primary N) is 1. The molecule has 0 radical (unpaired) electrons. The topological polar surface area (TPSA) is 112 Å². The third-order valence-electron chi connectivity index (χ3n) is 3.96. The van der Waals surface area contributed by atoms with Gasteiger partial charge in [0.2, 0.25) is 12.7 Å². The van der Waals surface area contributed by atoms with Crippen LogP contribution in [0.2, 0.25) is 0 Å². The summed E-state index contributed by atoms with van der Waals surface area (Å²) in [5, 5.41) is 2.59. The first-order chi connectivity index (χ1) is 13.8. The van der Waals surface area contributed by atoms with E-state index < -0.39 is 24.1 Å². The zero-order valence-electron chi connectivity index (χ0n) is 16.0. The standard InChI is InChI=1S/C19H21F2N5O3/c1-12(29-11-22)7-19(2,23-3)14-6-13(4-5-15(14)21)26-18(27)16-8-25-17(9-24-16)28-10-20/h4-9H,3,10-11,22H2,1-2H3,(H,26,27)/b12-7-/t19-/m0/s1. The highest BCUT2D eigenvalue weighted by Crippen LogP contribution is 2.32. The van der Waals surface area contributed by atoms with Crippen molar-refractivity contribution >= 4 is 18.3 Å². The normalized spacial score (nSPS) is 13.3. The Kier molecular flexibility index (Phi) is 7.32. The van der Waals surface area contributed by atoms with Crippen LogP contribution in [0.25, 0.3) is 0 Å². The lowest BCUT2D eigenvalue weighted by Crippen LogP contribution is -2.20. The Hall–Kier alpha value is -3.40. The molecule has 10 heteroatoms. The lowest BCUT2D eigenvalue weighted by atomic mass is 9.91. The van der Waals surface area contributed by atoms with E-state index in [1.165, 1.54) is 18.2 Å².